The highest BCUT2D eigenvalue weighted by Crippen LogP contribution is 2.25. The zero-order valence-corrected chi connectivity index (χ0v) is 26.9. The summed E-state index contributed by atoms with van der Waals surface area (Å²) in [5, 5.41) is 13.7. The lowest BCUT2D eigenvalue weighted by atomic mass is 10.1. The van der Waals surface area contributed by atoms with E-state index in [0.29, 0.717) is 28.5 Å². The average Bonchev–Trinajstić information content (AvgIpc) is 3.47. The quantitative estimate of drug-likeness (QED) is 0.107. The maximum absolute atomic E-state index is 13.4. The number of rotatable bonds is 11. The van der Waals surface area contributed by atoms with Gasteiger partial charge in [-0.3, -0.25) is 24.4 Å². The molecule has 0 saturated carbocycles. The van der Waals surface area contributed by atoms with Crippen LogP contribution in [-0.2, 0) is 17.1 Å². The Labute approximate surface area is 274 Å². The fourth-order valence-electron chi connectivity index (χ4n) is 5.15. The van der Waals surface area contributed by atoms with Crippen molar-refractivity contribution in [3.63, 3.8) is 0 Å². The Balaban J connectivity index is 1.37. The summed E-state index contributed by atoms with van der Waals surface area (Å²) in [4.78, 5) is 26.4. The number of Topliss-reactive ketones (excluding diaryl/α,β-unsaturated/α-hetero) is 1. The van der Waals surface area contributed by atoms with Crippen molar-refractivity contribution in [2.45, 2.75) is 32.3 Å². The third-order valence-corrected chi connectivity index (χ3v) is 8.90. The van der Waals surface area contributed by atoms with Gasteiger partial charge in [-0.25, -0.2) is 13.1 Å². The predicted octanol–water partition coefficient (Wildman–Crippen LogP) is 5.47. The molecule has 0 radical (unpaired) electrons. The molecule has 0 unspecified atom stereocenters. The number of halogens is 2. The average molecular weight is 674 g/mol. The van der Waals surface area contributed by atoms with Gasteiger partial charge in [0.05, 0.1) is 22.0 Å². The second kappa shape index (κ2) is 13.4. The Morgan fingerprint density at radius 1 is 0.938 bits per heavy atom. The van der Waals surface area contributed by atoms with Crippen LogP contribution in [0.25, 0.3) is 11.4 Å². The van der Waals surface area contributed by atoms with Crippen LogP contribution in [0.1, 0.15) is 27.4 Å². The number of alkyl halides is 2. The third kappa shape index (κ3) is 6.60. The van der Waals surface area contributed by atoms with Crippen molar-refractivity contribution in [2.75, 3.05) is 10.1 Å². The van der Waals surface area contributed by atoms with E-state index in [9.17, 15) is 32.0 Å². The van der Waals surface area contributed by atoms with Gasteiger partial charge in [-0.2, -0.15) is 19.1 Å². The van der Waals surface area contributed by atoms with E-state index in [2.05, 4.69) is 20.0 Å². The van der Waals surface area contributed by atoms with Crippen molar-refractivity contribution >= 4 is 32.9 Å². The number of hydrazone groups is 1. The van der Waals surface area contributed by atoms with Crippen LogP contribution < -0.4 is 20.4 Å². The summed E-state index contributed by atoms with van der Waals surface area (Å²) in [7, 11) is -2.62. The smallest absolute Gasteiger partial charge is 0.387 e. The minimum atomic E-state index is -4.26. The summed E-state index contributed by atoms with van der Waals surface area (Å²) < 4.78 is 63.2. The van der Waals surface area contributed by atoms with Gasteiger partial charge in [0.15, 0.2) is 0 Å². The maximum atomic E-state index is 13.4. The zero-order chi connectivity index (χ0) is 34.7. The molecule has 0 aliphatic carbocycles. The second-order valence-corrected chi connectivity index (χ2v) is 12.3. The van der Waals surface area contributed by atoms with E-state index < -0.39 is 33.7 Å². The molecule has 2 aromatic heterocycles. The molecule has 0 atom stereocenters. The van der Waals surface area contributed by atoms with Crippen molar-refractivity contribution in [3.8, 4) is 23.2 Å². The Morgan fingerprint density at radius 2 is 1.62 bits per heavy atom. The first-order valence-electron chi connectivity index (χ1n) is 14.3. The monoisotopic (exact) mass is 673 g/mol. The van der Waals surface area contributed by atoms with Crippen LogP contribution in [0.4, 0.5) is 20.2 Å². The van der Waals surface area contributed by atoms with Crippen molar-refractivity contribution < 1.29 is 26.7 Å². The van der Waals surface area contributed by atoms with Gasteiger partial charge in [-0.05, 0) is 81.4 Å². The van der Waals surface area contributed by atoms with Crippen molar-refractivity contribution in [3.05, 3.63) is 118 Å². The Bertz CT molecular complexity index is 2250. The molecule has 0 saturated heterocycles. The normalized spacial score (nSPS) is 11.8. The van der Waals surface area contributed by atoms with Crippen molar-refractivity contribution in [2.24, 2.45) is 12.1 Å². The molecule has 0 spiro atoms. The van der Waals surface area contributed by atoms with Crippen LogP contribution in [0.3, 0.4) is 0 Å². The first kappa shape index (κ1) is 33.4. The number of hydrogen-bond acceptors (Lipinski definition) is 8. The molecular weight excluding hydrogens is 644 g/mol. The summed E-state index contributed by atoms with van der Waals surface area (Å²) in [6, 6.07) is 23.5. The first-order valence-corrected chi connectivity index (χ1v) is 15.8. The SMILES string of the molecule is Cc1cc(C(=O)/C(C#N)=N/Nc2cccc(S(=O)(=O)Nc3c(C)n(C)n(-c4ccccc4)c3=O)c2)c(C)n1-c1ccc(OC(F)F)cc1. The molecule has 12 nitrogen and oxygen atoms in total. The lowest BCUT2D eigenvalue weighted by Gasteiger charge is -2.11. The minimum Gasteiger partial charge on any atom is -0.435 e. The number of ether oxygens (including phenoxy) is 1. The summed E-state index contributed by atoms with van der Waals surface area (Å²) in [6.07, 6.45) is 0. The summed E-state index contributed by atoms with van der Waals surface area (Å²) >= 11 is 0. The van der Waals surface area contributed by atoms with Gasteiger partial charge in [0.2, 0.25) is 11.5 Å². The molecule has 0 aliphatic heterocycles. The highest BCUT2D eigenvalue weighted by atomic mass is 32.2. The number of aromatic nitrogens is 3. The molecule has 48 heavy (non-hydrogen) atoms. The summed E-state index contributed by atoms with van der Waals surface area (Å²) in [5.41, 5.74) is 4.38. The molecular formula is C33H29F2N7O5S. The van der Waals surface area contributed by atoms with E-state index in [4.69, 9.17) is 0 Å². The number of aryl methyl sites for hydroxylation is 1. The summed E-state index contributed by atoms with van der Waals surface area (Å²) in [5.74, 6) is -0.714. The number of carbonyl (C=O) groups is 1. The molecule has 0 bridgehead atoms. The van der Waals surface area contributed by atoms with Crippen molar-refractivity contribution in [1.29, 1.82) is 5.26 Å². The number of benzene rings is 3. The molecule has 3 aromatic carbocycles. The van der Waals surface area contributed by atoms with E-state index in [-0.39, 0.29) is 27.6 Å². The number of hydrogen-bond donors (Lipinski definition) is 2. The second-order valence-electron chi connectivity index (χ2n) is 10.6. The van der Waals surface area contributed by atoms with E-state index in [0.717, 1.165) is 0 Å². The molecule has 246 valence electrons. The fraction of sp³-hybridized carbons (Fsp3) is 0.152. The Morgan fingerprint density at radius 3 is 2.27 bits per heavy atom. The highest BCUT2D eigenvalue weighted by molar-refractivity contribution is 7.92. The van der Waals surface area contributed by atoms with Crippen LogP contribution in [0.15, 0.2) is 99.7 Å². The molecule has 15 heteroatoms. The number of para-hydroxylation sites is 1. The lowest BCUT2D eigenvalue weighted by molar-refractivity contribution is -0.0498. The molecule has 5 rings (SSSR count). The van der Waals surface area contributed by atoms with E-state index in [1.807, 2.05) is 0 Å². The predicted molar refractivity (Wildman–Crippen MR) is 176 cm³/mol. The largest absolute Gasteiger partial charge is 0.435 e. The fourth-order valence-corrected chi connectivity index (χ4v) is 6.31. The topological polar surface area (TPSA) is 153 Å². The first-order chi connectivity index (χ1) is 22.8. The number of nitrogens with one attached hydrogen (secondary N) is 2. The molecule has 2 heterocycles. The van der Waals surface area contributed by atoms with Gasteiger partial charge < -0.3 is 9.30 Å². The van der Waals surface area contributed by atoms with Gasteiger partial charge in [0.25, 0.3) is 15.6 Å². The van der Waals surface area contributed by atoms with Gasteiger partial charge in [0, 0.05) is 29.7 Å². The van der Waals surface area contributed by atoms with Crippen LogP contribution >= 0.6 is 0 Å². The number of sulfonamides is 1. The number of ketones is 1. The molecule has 0 amide bonds. The molecule has 0 aliphatic rings. The maximum Gasteiger partial charge on any atom is 0.387 e. The molecule has 0 fully saturated rings. The van der Waals surface area contributed by atoms with Crippen molar-refractivity contribution in [1.82, 2.24) is 13.9 Å². The highest BCUT2D eigenvalue weighted by Gasteiger charge is 2.24. The van der Waals surface area contributed by atoms with E-state index in [1.54, 1.807) is 91.7 Å². The zero-order valence-electron chi connectivity index (χ0n) is 26.1. The number of nitriles is 1. The number of carbonyl (C=O) groups excluding carboxylic acids is 1. The lowest BCUT2D eigenvalue weighted by Crippen LogP contribution is -2.23. The van der Waals surface area contributed by atoms with Crippen LogP contribution in [0.2, 0.25) is 0 Å². The van der Waals surface area contributed by atoms with E-state index >= 15 is 0 Å². The molecule has 2 N–H and O–H groups in total. The Kier molecular flexibility index (Phi) is 9.30. The van der Waals surface area contributed by atoms with Gasteiger partial charge in [-0.15, -0.1) is 0 Å². The van der Waals surface area contributed by atoms with Crippen LogP contribution in [0.5, 0.6) is 5.75 Å². The van der Waals surface area contributed by atoms with Crippen LogP contribution in [-0.4, -0.2) is 40.5 Å². The van der Waals surface area contributed by atoms with Crippen LogP contribution in [0, 0.1) is 32.1 Å². The minimum absolute atomic E-state index is 0.0216. The van der Waals surface area contributed by atoms with Gasteiger partial charge in [-0.1, -0.05) is 24.3 Å². The Hall–Kier alpha value is -6.01. The standard InChI is InChI=1S/C33H29F2N7O5S/c1-20-17-28(21(2)41(20)24-13-15-26(16-14-24)47-33(34)35)31(43)29(19-36)38-37-23-9-8-12-27(18-23)48(45,46)39-30-22(3)40(4)42(32(30)44)25-10-6-5-7-11-25/h5-18,33,37,39H,1-4H3/b38-29+. The summed E-state index contributed by atoms with van der Waals surface area (Å²) in [6.45, 7) is 2.05. The third-order valence-electron chi connectivity index (χ3n) is 7.55. The molecule has 5 aromatic rings. The number of anilines is 2. The van der Waals surface area contributed by atoms with E-state index in [1.165, 1.54) is 41.1 Å². The van der Waals surface area contributed by atoms with Gasteiger partial charge >= 0.3 is 6.61 Å². The number of nitrogens with zero attached hydrogens (tertiary/aromatic N) is 5. The van der Waals surface area contributed by atoms with Gasteiger partial charge in [0.1, 0.15) is 17.5 Å².